The van der Waals surface area contributed by atoms with Crippen molar-refractivity contribution in [3.63, 3.8) is 0 Å². The zero-order valence-electron chi connectivity index (χ0n) is 7.80. The number of aryl methyl sites for hydroxylation is 2. The molecule has 0 saturated heterocycles. The highest BCUT2D eigenvalue weighted by Gasteiger charge is 2.19. The lowest BCUT2D eigenvalue weighted by Gasteiger charge is -1.98. The van der Waals surface area contributed by atoms with Crippen molar-refractivity contribution >= 4 is 17.6 Å². The molecule has 72 valence electrons. The fourth-order valence-corrected chi connectivity index (χ4v) is 1.47. The summed E-state index contributed by atoms with van der Waals surface area (Å²) in [5.41, 5.74) is 1.02. The number of nitrogens with zero attached hydrogens (tertiary/aromatic N) is 2. The zero-order valence-corrected chi connectivity index (χ0v) is 8.55. The molecule has 0 unspecified atom stereocenters. The zero-order chi connectivity index (χ0) is 10.0. The van der Waals surface area contributed by atoms with Crippen LogP contribution in [0.5, 0.6) is 0 Å². The highest BCUT2D eigenvalue weighted by atomic mass is 35.5. The molecule has 0 aliphatic heterocycles. The molecule has 0 aliphatic carbocycles. The second-order valence-electron chi connectivity index (χ2n) is 2.58. The van der Waals surface area contributed by atoms with Crippen LogP contribution in [0.4, 0.5) is 0 Å². The van der Waals surface area contributed by atoms with Crippen LogP contribution >= 0.6 is 11.6 Å². The van der Waals surface area contributed by atoms with Crippen LogP contribution in [0.3, 0.4) is 0 Å². The van der Waals surface area contributed by atoms with E-state index in [1.54, 1.807) is 7.05 Å². The van der Waals surface area contributed by atoms with Gasteiger partial charge in [-0.05, 0) is 6.42 Å². The van der Waals surface area contributed by atoms with Crippen molar-refractivity contribution in [3.8, 4) is 0 Å². The van der Waals surface area contributed by atoms with Gasteiger partial charge in [0.25, 0.3) is 0 Å². The minimum atomic E-state index is -0.459. The van der Waals surface area contributed by atoms with Crippen molar-refractivity contribution in [1.29, 1.82) is 0 Å². The van der Waals surface area contributed by atoms with Gasteiger partial charge in [-0.25, -0.2) is 4.79 Å². The Morgan fingerprint density at radius 3 is 2.69 bits per heavy atom. The summed E-state index contributed by atoms with van der Waals surface area (Å²) in [5.74, 6) is -0.459. The number of ether oxygens (including phenoxy) is 1. The van der Waals surface area contributed by atoms with Gasteiger partial charge in [0.1, 0.15) is 0 Å². The van der Waals surface area contributed by atoms with Gasteiger partial charge in [0.05, 0.1) is 17.8 Å². The maximum Gasteiger partial charge on any atom is 0.357 e. The molecule has 0 bridgehead atoms. The Balaban J connectivity index is 3.20. The van der Waals surface area contributed by atoms with Crippen molar-refractivity contribution in [2.75, 3.05) is 7.11 Å². The quantitative estimate of drug-likeness (QED) is 0.682. The van der Waals surface area contributed by atoms with E-state index < -0.39 is 5.97 Å². The Morgan fingerprint density at radius 1 is 1.69 bits per heavy atom. The Bertz CT molecular complexity index is 333. The van der Waals surface area contributed by atoms with Crippen molar-refractivity contribution in [3.05, 3.63) is 16.4 Å². The van der Waals surface area contributed by atoms with E-state index in [4.69, 9.17) is 11.6 Å². The van der Waals surface area contributed by atoms with Gasteiger partial charge < -0.3 is 4.74 Å². The molecule has 1 aromatic rings. The lowest BCUT2D eigenvalue weighted by atomic mass is 10.3. The monoisotopic (exact) mass is 202 g/mol. The molecule has 5 heteroatoms. The number of rotatable bonds is 2. The predicted octanol–water partition coefficient (Wildman–Crippen LogP) is 1.42. The molecular formula is C8H11ClN2O2. The number of carbonyl (C=O) groups is 1. The largest absolute Gasteiger partial charge is 0.464 e. The minimum absolute atomic E-state index is 0.306. The Morgan fingerprint density at radius 2 is 2.31 bits per heavy atom. The van der Waals surface area contributed by atoms with E-state index in [1.165, 1.54) is 11.8 Å². The lowest BCUT2D eigenvalue weighted by molar-refractivity contribution is 0.0588. The number of methoxy groups -OCH3 is 1. The smallest absolute Gasteiger partial charge is 0.357 e. The molecule has 0 N–H and O–H groups in total. The van der Waals surface area contributed by atoms with Crippen LogP contribution < -0.4 is 0 Å². The molecule has 1 heterocycles. The molecule has 0 atom stereocenters. The highest BCUT2D eigenvalue weighted by Crippen LogP contribution is 2.21. The molecule has 0 fully saturated rings. The first-order valence-electron chi connectivity index (χ1n) is 3.91. The van der Waals surface area contributed by atoms with Crippen molar-refractivity contribution < 1.29 is 9.53 Å². The van der Waals surface area contributed by atoms with Gasteiger partial charge in [0.2, 0.25) is 0 Å². The van der Waals surface area contributed by atoms with Crippen molar-refractivity contribution in [2.24, 2.45) is 7.05 Å². The molecule has 0 spiro atoms. The van der Waals surface area contributed by atoms with Gasteiger partial charge in [0.15, 0.2) is 5.69 Å². The molecule has 0 aliphatic rings. The topological polar surface area (TPSA) is 44.1 Å². The molecule has 4 nitrogen and oxygen atoms in total. The van der Waals surface area contributed by atoms with Crippen LogP contribution in [0, 0.1) is 0 Å². The first kappa shape index (κ1) is 10.1. The standard InChI is InChI=1S/C8H11ClN2O2/c1-4-5-6(9)7(8(12)13-3)11(2)10-5/h4H2,1-3H3. The second kappa shape index (κ2) is 3.79. The van der Waals surface area contributed by atoms with Gasteiger partial charge >= 0.3 is 5.97 Å². The molecule has 0 saturated carbocycles. The van der Waals surface area contributed by atoms with E-state index >= 15 is 0 Å². The molecule has 1 aromatic heterocycles. The van der Waals surface area contributed by atoms with E-state index in [9.17, 15) is 4.79 Å². The number of carbonyl (C=O) groups excluding carboxylic acids is 1. The normalized spacial score (nSPS) is 10.2. The Kier molecular flexibility index (Phi) is 2.93. The average Bonchev–Trinajstić information content (AvgIpc) is 2.40. The van der Waals surface area contributed by atoms with Crippen molar-refractivity contribution in [2.45, 2.75) is 13.3 Å². The summed E-state index contributed by atoms with van der Waals surface area (Å²) < 4.78 is 6.01. The maximum absolute atomic E-state index is 11.2. The first-order chi connectivity index (χ1) is 6.11. The first-order valence-corrected chi connectivity index (χ1v) is 4.29. The maximum atomic E-state index is 11.2. The van der Waals surface area contributed by atoms with Crippen LogP contribution in [-0.2, 0) is 18.2 Å². The van der Waals surface area contributed by atoms with Gasteiger partial charge in [0, 0.05) is 7.05 Å². The summed E-state index contributed by atoms with van der Waals surface area (Å²) in [6.45, 7) is 1.93. The number of halogens is 1. The third kappa shape index (κ3) is 1.67. The molecular weight excluding hydrogens is 192 g/mol. The number of hydrogen-bond acceptors (Lipinski definition) is 3. The number of hydrogen-bond donors (Lipinski definition) is 0. The summed E-state index contributed by atoms with van der Waals surface area (Å²) in [5, 5.41) is 4.47. The average molecular weight is 203 g/mol. The molecule has 0 amide bonds. The Hall–Kier alpha value is -1.03. The van der Waals surface area contributed by atoms with Crippen LogP contribution in [0.2, 0.25) is 5.02 Å². The van der Waals surface area contributed by atoms with E-state index in [0.717, 1.165) is 0 Å². The fourth-order valence-electron chi connectivity index (χ4n) is 1.10. The van der Waals surface area contributed by atoms with E-state index in [0.29, 0.717) is 22.8 Å². The van der Waals surface area contributed by atoms with Gasteiger partial charge in [-0.3, -0.25) is 4.68 Å². The highest BCUT2D eigenvalue weighted by molar-refractivity contribution is 6.34. The second-order valence-corrected chi connectivity index (χ2v) is 2.96. The van der Waals surface area contributed by atoms with Crippen LogP contribution in [0.15, 0.2) is 0 Å². The molecule has 0 aromatic carbocycles. The lowest BCUT2D eigenvalue weighted by Crippen LogP contribution is -2.08. The van der Waals surface area contributed by atoms with Crippen LogP contribution in [-0.4, -0.2) is 22.9 Å². The van der Waals surface area contributed by atoms with Crippen molar-refractivity contribution in [1.82, 2.24) is 9.78 Å². The number of aromatic nitrogens is 2. The molecule has 13 heavy (non-hydrogen) atoms. The van der Waals surface area contributed by atoms with Gasteiger partial charge in [-0.15, -0.1) is 0 Å². The fraction of sp³-hybridized carbons (Fsp3) is 0.500. The summed E-state index contributed by atoms with van der Waals surface area (Å²) in [4.78, 5) is 11.2. The summed E-state index contributed by atoms with van der Waals surface area (Å²) in [6.07, 6.45) is 0.698. The van der Waals surface area contributed by atoms with Crippen LogP contribution in [0.1, 0.15) is 23.1 Å². The predicted molar refractivity (Wildman–Crippen MR) is 48.9 cm³/mol. The van der Waals surface area contributed by atoms with E-state index in [-0.39, 0.29) is 0 Å². The summed E-state index contributed by atoms with van der Waals surface area (Å²) in [6, 6.07) is 0. The molecule has 0 radical (unpaired) electrons. The third-order valence-corrected chi connectivity index (χ3v) is 2.17. The minimum Gasteiger partial charge on any atom is -0.464 e. The van der Waals surface area contributed by atoms with E-state index in [2.05, 4.69) is 9.84 Å². The SMILES string of the molecule is CCc1nn(C)c(C(=O)OC)c1Cl. The summed E-state index contributed by atoms with van der Waals surface area (Å²) >= 11 is 5.92. The third-order valence-electron chi connectivity index (χ3n) is 1.77. The van der Waals surface area contributed by atoms with Gasteiger partial charge in [-0.1, -0.05) is 18.5 Å². The Labute approximate surface area is 81.4 Å². The van der Waals surface area contributed by atoms with Crippen LogP contribution in [0.25, 0.3) is 0 Å². The van der Waals surface area contributed by atoms with Gasteiger partial charge in [-0.2, -0.15) is 5.10 Å². The number of esters is 1. The van der Waals surface area contributed by atoms with E-state index in [1.807, 2.05) is 6.92 Å². The molecule has 1 rings (SSSR count). The summed E-state index contributed by atoms with van der Waals surface area (Å²) in [7, 11) is 2.98.